The van der Waals surface area contributed by atoms with Gasteiger partial charge in [-0.15, -0.1) is 0 Å². The van der Waals surface area contributed by atoms with Crippen LogP contribution in [0, 0.1) is 17.6 Å². The molecule has 0 saturated carbocycles. The van der Waals surface area contributed by atoms with E-state index >= 15 is 0 Å². The third-order valence-corrected chi connectivity index (χ3v) is 3.96. The van der Waals surface area contributed by atoms with Gasteiger partial charge in [-0.3, -0.25) is 4.98 Å². The summed E-state index contributed by atoms with van der Waals surface area (Å²) in [6.07, 6.45) is 3.10. The average molecular weight is 325 g/mol. The fraction of sp³-hybridized carbons (Fsp3) is 0.312. The Hall–Kier alpha value is -1.72. The number of rotatable bonds is 4. The van der Waals surface area contributed by atoms with E-state index in [2.05, 4.69) is 10.3 Å². The summed E-state index contributed by atoms with van der Waals surface area (Å²) in [6, 6.07) is 5.63. The van der Waals surface area contributed by atoms with Gasteiger partial charge in [-0.2, -0.15) is 0 Å². The molecular weight excluding hydrogens is 310 g/mol. The van der Waals surface area contributed by atoms with E-state index in [1.54, 1.807) is 12.3 Å². The summed E-state index contributed by atoms with van der Waals surface area (Å²) in [6.45, 7) is 1.59. The molecule has 2 atom stereocenters. The minimum absolute atomic E-state index is 0.102. The average Bonchev–Trinajstić information content (AvgIpc) is 3.00. The second-order valence-corrected chi connectivity index (χ2v) is 5.74. The lowest BCUT2D eigenvalue weighted by atomic mass is 9.96. The number of benzene rings is 1. The summed E-state index contributed by atoms with van der Waals surface area (Å²) in [4.78, 5) is 3.86. The van der Waals surface area contributed by atoms with Crippen LogP contribution in [0.25, 0.3) is 0 Å². The van der Waals surface area contributed by atoms with E-state index < -0.39 is 17.7 Å². The molecule has 3 rings (SSSR count). The first-order chi connectivity index (χ1) is 10.6. The van der Waals surface area contributed by atoms with Gasteiger partial charge in [0.1, 0.15) is 11.9 Å². The van der Waals surface area contributed by atoms with E-state index in [0.717, 1.165) is 25.7 Å². The fourth-order valence-electron chi connectivity index (χ4n) is 2.66. The second kappa shape index (κ2) is 6.58. The molecule has 3 nitrogen and oxygen atoms in total. The summed E-state index contributed by atoms with van der Waals surface area (Å²) >= 11 is 5.75. The van der Waals surface area contributed by atoms with Crippen molar-refractivity contribution in [2.24, 2.45) is 5.92 Å². The van der Waals surface area contributed by atoms with Crippen molar-refractivity contribution in [3.8, 4) is 5.75 Å². The number of nitrogens with one attached hydrogen (secondary N) is 1. The lowest BCUT2D eigenvalue weighted by Gasteiger charge is -2.25. The third-order valence-electron chi connectivity index (χ3n) is 3.73. The van der Waals surface area contributed by atoms with Gasteiger partial charge in [0.05, 0.1) is 6.20 Å². The highest BCUT2D eigenvalue weighted by molar-refractivity contribution is 6.30. The number of hydrogen-bond donors (Lipinski definition) is 1. The molecule has 1 saturated heterocycles. The van der Waals surface area contributed by atoms with Crippen molar-refractivity contribution in [2.75, 3.05) is 13.1 Å². The molecule has 0 bridgehead atoms. The van der Waals surface area contributed by atoms with Crippen molar-refractivity contribution in [1.29, 1.82) is 0 Å². The first-order valence-corrected chi connectivity index (χ1v) is 7.44. The van der Waals surface area contributed by atoms with Gasteiger partial charge in [0, 0.05) is 29.2 Å². The van der Waals surface area contributed by atoms with Gasteiger partial charge >= 0.3 is 0 Å². The third kappa shape index (κ3) is 3.36. The molecule has 2 aromatic rings. The molecule has 1 aliphatic heterocycles. The van der Waals surface area contributed by atoms with Crippen molar-refractivity contribution in [3.63, 3.8) is 0 Å². The molecule has 1 unspecified atom stereocenters. The molecule has 2 heterocycles. The maximum atomic E-state index is 14.0. The van der Waals surface area contributed by atoms with Crippen LogP contribution in [0.4, 0.5) is 8.78 Å². The van der Waals surface area contributed by atoms with Crippen LogP contribution < -0.4 is 10.1 Å². The van der Waals surface area contributed by atoms with Crippen molar-refractivity contribution < 1.29 is 13.5 Å². The van der Waals surface area contributed by atoms with Gasteiger partial charge in [0.15, 0.2) is 11.6 Å². The molecule has 1 aliphatic rings. The van der Waals surface area contributed by atoms with Gasteiger partial charge in [-0.1, -0.05) is 11.6 Å². The monoisotopic (exact) mass is 324 g/mol. The zero-order valence-corrected chi connectivity index (χ0v) is 12.5. The van der Waals surface area contributed by atoms with E-state index in [1.807, 2.05) is 0 Å². The number of nitrogens with zero attached hydrogens (tertiary/aromatic N) is 1. The Morgan fingerprint density at radius 1 is 1.27 bits per heavy atom. The summed E-state index contributed by atoms with van der Waals surface area (Å²) in [5.74, 6) is -0.745. The molecule has 0 aliphatic carbocycles. The minimum atomic E-state index is -0.534. The van der Waals surface area contributed by atoms with Crippen LogP contribution in [0.15, 0.2) is 36.7 Å². The minimum Gasteiger partial charge on any atom is -0.482 e. The summed E-state index contributed by atoms with van der Waals surface area (Å²) in [5.41, 5.74) is 0.600. The molecule has 22 heavy (non-hydrogen) atoms. The lowest BCUT2D eigenvalue weighted by molar-refractivity contribution is 0.137. The molecule has 6 heteroatoms. The zero-order chi connectivity index (χ0) is 15.5. The summed E-state index contributed by atoms with van der Waals surface area (Å²) < 4.78 is 33.3. The molecule has 1 aromatic heterocycles. The van der Waals surface area contributed by atoms with Gasteiger partial charge in [0.25, 0.3) is 0 Å². The van der Waals surface area contributed by atoms with Crippen LogP contribution >= 0.6 is 11.6 Å². The van der Waals surface area contributed by atoms with Crippen molar-refractivity contribution in [3.05, 3.63) is 58.9 Å². The van der Waals surface area contributed by atoms with E-state index in [-0.39, 0.29) is 11.7 Å². The Bertz CT molecular complexity index is 662. The number of hydrogen-bond acceptors (Lipinski definition) is 3. The van der Waals surface area contributed by atoms with Crippen LogP contribution in [0.1, 0.15) is 18.1 Å². The zero-order valence-electron chi connectivity index (χ0n) is 11.7. The highest BCUT2D eigenvalue weighted by Crippen LogP contribution is 2.33. The van der Waals surface area contributed by atoms with E-state index in [0.29, 0.717) is 10.6 Å². The second-order valence-electron chi connectivity index (χ2n) is 5.30. The molecule has 116 valence electrons. The van der Waals surface area contributed by atoms with Crippen LogP contribution in [-0.2, 0) is 0 Å². The van der Waals surface area contributed by atoms with Crippen molar-refractivity contribution in [1.82, 2.24) is 10.3 Å². The predicted octanol–water partition coefficient (Wildman–Crippen LogP) is 3.74. The molecule has 1 aromatic carbocycles. The van der Waals surface area contributed by atoms with Crippen LogP contribution in [0.2, 0.25) is 5.02 Å². The van der Waals surface area contributed by atoms with Gasteiger partial charge in [0.2, 0.25) is 0 Å². The topological polar surface area (TPSA) is 34.1 Å². The molecule has 0 spiro atoms. The van der Waals surface area contributed by atoms with E-state index in [4.69, 9.17) is 16.3 Å². The Morgan fingerprint density at radius 2 is 2.14 bits per heavy atom. The fourth-order valence-corrected chi connectivity index (χ4v) is 2.82. The molecule has 0 amide bonds. The highest BCUT2D eigenvalue weighted by atomic mass is 35.5. The summed E-state index contributed by atoms with van der Waals surface area (Å²) in [5, 5.41) is 3.54. The number of pyridine rings is 1. The molecule has 1 fully saturated rings. The maximum Gasteiger partial charge on any atom is 0.166 e. The molecule has 0 radical (unpaired) electrons. The quantitative estimate of drug-likeness (QED) is 0.930. The van der Waals surface area contributed by atoms with E-state index in [1.165, 1.54) is 18.2 Å². The largest absolute Gasteiger partial charge is 0.482 e. The maximum absolute atomic E-state index is 14.0. The standard InChI is InChI=1S/C16H15ClF2N2O/c17-12-1-2-15(14(19)6-12)22-16(10-3-4-20-7-10)11-5-13(18)9-21-8-11/h1-2,5-6,8-10,16,20H,3-4,7H2/t10?,16-/m0/s1. The van der Waals surface area contributed by atoms with Gasteiger partial charge < -0.3 is 10.1 Å². The first-order valence-electron chi connectivity index (χ1n) is 7.06. The van der Waals surface area contributed by atoms with Crippen LogP contribution in [-0.4, -0.2) is 18.1 Å². The molecule has 1 N–H and O–H groups in total. The SMILES string of the molecule is Fc1cncc([C@@H](Oc2ccc(Cl)cc2F)C2CCNC2)c1. The Kier molecular flexibility index (Phi) is 4.55. The lowest BCUT2D eigenvalue weighted by Crippen LogP contribution is -2.22. The summed E-state index contributed by atoms with van der Waals surface area (Å²) in [7, 11) is 0. The number of aromatic nitrogens is 1. The van der Waals surface area contributed by atoms with Crippen LogP contribution in [0.3, 0.4) is 0 Å². The normalized spacial score (nSPS) is 19.1. The highest BCUT2D eigenvalue weighted by Gasteiger charge is 2.29. The van der Waals surface area contributed by atoms with Crippen molar-refractivity contribution in [2.45, 2.75) is 12.5 Å². The van der Waals surface area contributed by atoms with Crippen molar-refractivity contribution >= 4 is 11.6 Å². The number of ether oxygens (including phenoxy) is 1. The molecular formula is C16H15ClF2N2O. The predicted molar refractivity (Wildman–Crippen MR) is 80.0 cm³/mol. The Labute approximate surface area is 132 Å². The first kappa shape index (κ1) is 15.2. The number of halogens is 3. The van der Waals surface area contributed by atoms with Gasteiger partial charge in [-0.25, -0.2) is 8.78 Å². The smallest absolute Gasteiger partial charge is 0.166 e. The van der Waals surface area contributed by atoms with Gasteiger partial charge in [-0.05, 0) is 37.2 Å². The Morgan fingerprint density at radius 3 is 2.82 bits per heavy atom. The Balaban J connectivity index is 1.91. The van der Waals surface area contributed by atoms with E-state index in [9.17, 15) is 8.78 Å². The van der Waals surface area contributed by atoms with Crippen LogP contribution in [0.5, 0.6) is 5.75 Å².